The maximum Gasteiger partial charge on any atom is 0.303 e. The number of aryl methyl sites for hydroxylation is 1. The molecule has 1 aliphatic rings. The Hall–Kier alpha value is -4.05. The van der Waals surface area contributed by atoms with Crippen molar-refractivity contribution in [2.45, 2.75) is 39.4 Å². The first kappa shape index (κ1) is 22.7. The van der Waals surface area contributed by atoms with Crippen molar-refractivity contribution in [3.05, 3.63) is 118 Å². The van der Waals surface area contributed by atoms with E-state index in [4.69, 9.17) is 14.6 Å². The Morgan fingerprint density at radius 1 is 0.800 bits per heavy atom. The molecule has 0 aromatic heterocycles. The first-order valence-corrected chi connectivity index (χ1v) is 11.9. The molecule has 0 aliphatic heterocycles. The van der Waals surface area contributed by atoms with E-state index < -0.39 is 5.97 Å². The smallest absolute Gasteiger partial charge is 0.303 e. The van der Waals surface area contributed by atoms with Crippen molar-refractivity contribution >= 4 is 5.97 Å². The number of carboxylic acid groups (broad SMARTS) is 1. The highest BCUT2D eigenvalue weighted by atomic mass is 16.5. The molecule has 0 bridgehead atoms. The van der Waals surface area contributed by atoms with Gasteiger partial charge in [0.1, 0.15) is 18.1 Å². The number of hydrogen-bond acceptors (Lipinski definition) is 3. The van der Waals surface area contributed by atoms with Gasteiger partial charge < -0.3 is 14.6 Å². The number of benzene rings is 4. The first-order valence-electron chi connectivity index (χ1n) is 11.9. The molecule has 5 rings (SSSR count). The van der Waals surface area contributed by atoms with E-state index in [9.17, 15) is 4.79 Å². The summed E-state index contributed by atoms with van der Waals surface area (Å²) in [5.74, 6) is 0.892. The molecular formula is C31H28O4. The molecule has 1 atom stereocenters. The third kappa shape index (κ3) is 4.78. The molecule has 1 aliphatic carbocycles. The van der Waals surface area contributed by atoms with Crippen LogP contribution in [0.4, 0.5) is 0 Å². The van der Waals surface area contributed by atoms with Crippen molar-refractivity contribution in [3.8, 4) is 22.6 Å². The summed E-state index contributed by atoms with van der Waals surface area (Å²) in [6.45, 7) is 4.76. The third-order valence-corrected chi connectivity index (χ3v) is 6.63. The lowest BCUT2D eigenvalue weighted by molar-refractivity contribution is -0.136. The van der Waals surface area contributed by atoms with Crippen LogP contribution in [-0.2, 0) is 17.8 Å². The van der Waals surface area contributed by atoms with E-state index >= 15 is 0 Å². The van der Waals surface area contributed by atoms with E-state index in [1.807, 2.05) is 60.7 Å². The zero-order valence-electron chi connectivity index (χ0n) is 20.0. The van der Waals surface area contributed by atoms with E-state index in [-0.39, 0.29) is 12.5 Å². The minimum Gasteiger partial charge on any atom is -0.488 e. The van der Waals surface area contributed by atoms with E-state index in [1.165, 1.54) is 16.7 Å². The Morgan fingerprint density at radius 3 is 2.11 bits per heavy atom. The van der Waals surface area contributed by atoms with Crippen LogP contribution in [0.2, 0.25) is 0 Å². The Bertz CT molecular complexity index is 1340. The highest BCUT2D eigenvalue weighted by molar-refractivity contribution is 5.85. The van der Waals surface area contributed by atoms with Crippen LogP contribution in [0, 0.1) is 13.8 Å². The van der Waals surface area contributed by atoms with Gasteiger partial charge in [0.05, 0.1) is 0 Å². The monoisotopic (exact) mass is 464 g/mol. The van der Waals surface area contributed by atoms with E-state index in [0.29, 0.717) is 13.0 Å². The van der Waals surface area contributed by atoms with Crippen molar-refractivity contribution in [1.29, 1.82) is 0 Å². The van der Waals surface area contributed by atoms with Crippen LogP contribution >= 0.6 is 0 Å². The van der Waals surface area contributed by atoms with Crippen molar-refractivity contribution in [3.63, 3.8) is 0 Å². The highest BCUT2D eigenvalue weighted by Gasteiger charge is 2.43. The summed E-state index contributed by atoms with van der Waals surface area (Å²) in [7, 11) is 0. The van der Waals surface area contributed by atoms with Gasteiger partial charge in [0.25, 0.3) is 0 Å². The molecule has 0 heterocycles. The Labute approximate surface area is 205 Å². The maximum atomic E-state index is 10.8. The average molecular weight is 465 g/mol. The van der Waals surface area contributed by atoms with Gasteiger partial charge in [-0.05, 0) is 60.2 Å². The summed E-state index contributed by atoms with van der Waals surface area (Å²) in [5.41, 5.74) is 9.07. The summed E-state index contributed by atoms with van der Waals surface area (Å²) in [6.07, 6.45) is 0.513. The van der Waals surface area contributed by atoms with Gasteiger partial charge in [-0.15, -0.1) is 0 Å². The number of carboxylic acids is 1. The summed E-state index contributed by atoms with van der Waals surface area (Å²) >= 11 is 0. The maximum absolute atomic E-state index is 10.8. The van der Waals surface area contributed by atoms with Crippen LogP contribution < -0.4 is 9.47 Å². The normalized spacial score (nSPS) is 13.7. The average Bonchev–Trinajstić information content (AvgIpc) is 3.59. The minimum absolute atomic E-state index is 0.122. The van der Waals surface area contributed by atoms with E-state index in [1.54, 1.807) is 0 Å². The molecule has 0 radical (unpaired) electrons. The van der Waals surface area contributed by atoms with E-state index in [0.717, 1.165) is 39.3 Å². The molecular weight excluding hydrogens is 436 g/mol. The Balaban J connectivity index is 1.45. The van der Waals surface area contributed by atoms with E-state index in [2.05, 4.69) is 38.1 Å². The molecule has 4 nitrogen and oxygen atoms in total. The molecule has 4 aromatic carbocycles. The number of aliphatic carboxylic acids is 1. The molecule has 1 N–H and O–H groups in total. The topological polar surface area (TPSA) is 55.8 Å². The lowest BCUT2D eigenvalue weighted by Gasteiger charge is -2.16. The Morgan fingerprint density at radius 2 is 1.46 bits per heavy atom. The summed E-state index contributed by atoms with van der Waals surface area (Å²) < 4.78 is 12.9. The van der Waals surface area contributed by atoms with Gasteiger partial charge in [0.2, 0.25) is 0 Å². The molecule has 0 fully saturated rings. The summed E-state index contributed by atoms with van der Waals surface area (Å²) in [4.78, 5) is 10.8. The molecule has 176 valence electrons. The van der Waals surface area contributed by atoms with Gasteiger partial charge in [-0.25, -0.2) is 0 Å². The molecule has 4 heteroatoms. The number of fused-ring (bicyclic) bond motifs is 1. The second kappa shape index (κ2) is 9.67. The van der Waals surface area contributed by atoms with Crippen LogP contribution in [0.25, 0.3) is 11.1 Å². The van der Waals surface area contributed by atoms with Crippen molar-refractivity contribution in [1.82, 2.24) is 0 Å². The minimum atomic E-state index is -0.789. The third-order valence-electron chi connectivity index (χ3n) is 6.63. The van der Waals surface area contributed by atoms with Crippen LogP contribution in [0.15, 0.2) is 84.9 Å². The largest absolute Gasteiger partial charge is 0.488 e. The standard InChI is InChI=1S/C31H28O4/c1-20-21(2)30(34-19-23-9-5-3-6-10-23)28(24-11-7-4-8-12-24)29-27(20)31(29)35-25-16-13-22(14-17-25)15-18-26(32)33/h3-14,16-17,31H,15,18-19H2,1-2H3,(H,32,33). The summed E-state index contributed by atoms with van der Waals surface area (Å²) in [5, 5.41) is 8.92. The first-order chi connectivity index (χ1) is 17.0. The lowest BCUT2D eigenvalue weighted by atomic mass is 9.98. The molecule has 0 amide bonds. The molecule has 0 saturated heterocycles. The zero-order valence-corrected chi connectivity index (χ0v) is 20.0. The molecule has 4 aromatic rings. The van der Waals surface area contributed by atoms with Crippen LogP contribution in [0.3, 0.4) is 0 Å². The highest BCUT2D eigenvalue weighted by Crippen LogP contribution is 2.57. The molecule has 0 spiro atoms. The van der Waals surface area contributed by atoms with Crippen LogP contribution in [0.1, 0.15) is 45.9 Å². The summed E-state index contributed by atoms with van der Waals surface area (Å²) in [6, 6.07) is 28.3. The molecule has 1 unspecified atom stereocenters. The number of ether oxygens (including phenoxy) is 2. The molecule has 0 saturated carbocycles. The van der Waals surface area contributed by atoms with Gasteiger partial charge in [-0.2, -0.15) is 0 Å². The van der Waals surface area contributed by atoms with Gasteiger partial charge in [-0.3, -0.25) is 4.79 Å². The van der Waals surface area contributed by atoms with Crippen LogP contribution in [0.5, 0.6) is 11.5 Å². The van der Waals surface area contributed by atoms with Gasteiger partial charge >= 0.3 is 5.97 Å². The van der Waals surface area contributed by atoms with Gasteiger partial charge in [0, 0.05) is 23.1 Å². The van der Waals surface area contributed by atoms with Crippen LogP contribution in [-0.4, -0.2) is 11.1 Å². The number of rotatable bonds is 9. The SMILES string of the molecule is Cc1c(C)c2c(c(-c3ccccc3)c1OCc1ccccc1)C2Oc1ccc(CCC(=O)O)cc1. The predicted molar refractivity (Wildman–Crippen MR) is 137 cm³/mol. The van der Waals surface area contributed by atoms with Gasteiger partial charge in [-0.1, -0.05) is 72.8 Å². The second-order valence-electron chi connectivity index (χ2n) is 8.96. The fraction of sp³-hybridized carbons (Fsp3) is 0.194. The van der Waals surface area contributed by atoms with Gasteiger partial charge in [0.15, 0.2) is 6.10 Å². The fourth-order valence-electron chi connectivity index (χ4n) is 4.59. The Kier molecular flexibility index (Phi) is 6.28. The molecule has 35 heavy (non-hydrogen) atoms. The van der Waals surface area contributed by atoms with Crippen molar-refractivity contribution < 1.29 is 19.4 Å². The number of carbonyl (C=O) groups is 1. The quantitative estimate of drug-likeness (QED) is 0.288. The number of hydrogen-bond donors (Lipinski definition) is 1. The lowest BCUT2D eigenvalue weighted by Crippen LogP contribution is -2.00. The van der Waals surface area contributed by atoms with Crippen molar-refractivity contribution in [2.75, 3.05) is 0 Å². The fourth-order valence-corrected chi connectivity index (χ4v) is 4.59. The van der Waals surface area contributed by atoms with Crippen molar-refractivity contribution in [2.24, 2.45) is 0 Å². The predicted octanol–water partition coefficient (Wildman–Crippen LogP) is 7.05. The second-order valence-corrected chi connectivity index (χ2v) is 8.96. The zero-order chi connectivity index (χ0) is 24.4.